The Morgan fingerprint density at radius 2 is 2.20 bits per heavy atom. The summed E-state index contributed by atoms with van der Waals surface area (Å²) in [7, 11) is 1.41. The molecule has 1 N–H and O–H groups in total. The third-order valence-corrected chi connectivity index (χ3v) is 4.18. The van der Waals surface area contributed by atoms with E-state index in [1.807, 2.05) is 0 Å². The fraction of sp³-hybridized carbons (Fsp3) is 0.909. The molecule has 4 heteroatoms. The highest BCUT2D eigenvalue weighted by Crippen LogP contribution is 2.31. The Morgan fingerprint density at radius 3 is 2.67 bits per heavy atom. The van der Waals surface area contributed by atoms with E-state index in [4.69, 9.17) is 0 Å². The maximum atomic E-state index is 11.2. The number of ether oxygens (including phenoxy) is 1. The van der Waals surface area contributed by atoms with Gasteiger partial charge in [-0.2, -0.15) is 0 Å². The zero-order valence-electron chi connectivity index (χ0n) is 9.63. The standard InChI is InChI=1S/C11H20BrNO2/c1-7-4-5-10(8(7)2)13-6-9(12)11(14)15-3/h7-10,13H,4-6H2,1-3H3. The molecule has 4 unspecified atom stereocenters. The van der Waals surface area contributed by atoms with E-state index in [1.165, 1.54) is 20.0 Å². The van der Waals surface area contributed by atoms with Gasteiger partial charge in [-0.3, -0.25) is 4.79 Å². The number of hydrogen-bond acceptors (Lipinski definition) is 3. The Balaban J connectivity index is 2.28. The number of methoxy groups -OCH3 is 1. The summed E-state index contributed by atoms with van der Waals surface area (Å²) in [6.45, 7) is 5.21. The molecule has 0 bridgehead atoms. The summed E-state index contributed by atoms with van der Waals surface area (Å²) < 4.78 is 4.65. The van der Waals surface area contributed by atoms with E-state index >= 15 is 0 Å². The minimum absolute atomic E-state index is 0.207. The van der Waals surface area contributed by atoms with Gasteiger partial charge in [0.25, 0.3) is 0 Å². The van der Waals surface area contributed by atoms with Crippen molar-refractivity contribution in [2.24, 2.45) is 11.8 Å². The first-order valence-corrected chi connectivity index (χ1v) is 6.43. The van der Waals surface area contributed by atoms with Crippen molar-refractivity contribution in [1.82, 2.24) is 5.32 Å². The number of alkyl halides is 1. The lowest BCUT2D eigenvalue weighted by atomic mass is 9.98. The predicted molar refractivity (Wildman–Crippen MR) is 64.1 cm³/mol. The lowest BCUT2D eigenvalue weighted by molar-refractivity contribution is -0.139. The largest absolute Gasteiger partial charge is 0.468 e. The van der Waals surface area contributed by atoms with E-state index in [2.05, 4.69) is 39.8 Å². The molecule has 1 aliphatic rings. The number of carbonyl (C=O) groups is 1. The summed E-state index contributed by atoms with van der Waals surface area (Å²) in [5, 5.41) is 3.43. The van der Waals surface area contributed by atoms with Crippen molar-refractivity contribution in [3.8, 4) is 0 Å². The van der Waals surface area contributed by atoms with Gasteiger partial charge in [0.15, 0.2) is 0 Å². The molecule has 1 fully saturated rings. The fourth-order valence-electron chi connectivity index (χ4n) is 2.12. The van der Waals surface area contributed by atoms with Gasteiger partial charge >= 0.3 is 5.97 Å². The molecular formula is C11H20BrNO2. The topological polar surface area (TPSA) is 38.3 Å². The smallest absolute Gasteiger partial charge is 0.320 e. The highest BCUT2D eigenvalue weighted by atomic mass is 79.9. The molecule has 4 atom stereocenters. The van der Waals surface area contributed by atoms with Gasteiger partial charge in [-0.1, -0.05) is 29.8 Å². The van der Waals surface area contributed by atoms with Gasteiger partial charge in [0.2, 0.25) is 0 Å². The number of halogens is 1. The SMILES string of the molecule is COC(=O)C(Br)CNC1CCC(C)C1C. The molecule has 88 valence electrons. The predicted octanol–water partition coefficient (Wildman–Crippen LogP) is 1.95. The van der Waals surface area contributed by atoms with E-state index in [0.29, 0.717) is 18.5 Å². The normalized spacial score (nSPS) is 32.7. The van der Waals surface area contributed by atoms with Gasteiger partial charge in [-0.15, -0.1) is 0 Å². The quantitative estimate of drug-likeness (QED) is 0.631. The molecule has 0 aliphatic heterocycles. The number of carbonyl (C=O) groups excluding carboxylic acids is 1. The highest BCUT2D eigenvalue weighted by Gasteiger charge is 2.30. The summed E-state index contributed by atoms with van der Waals surface area (Å²) in [6, 6.07) is 0.546. The van der Waals surface area contributed by atoms with Crippen LogP contribution < -0.4 is 5.32 Å². The lowest BCUT2D eigenvalue weighted by Crippen LogP contribution is -2.38. The van der Waals surface area contributed by atoms with Gasteiger partial charge in [-0.25, -0.2) is 0 Å². The number of rotatable bonds is 4. The van der Waals surface area contributed by atoms with Crippen LogP contribution in [-0.2, 0) is 9.53 Å². The van der Waals surface area contributed by atoms with Gasteiger partial charge < -0.3 is 10.1 Å². The second kappa shape index (κ2) is 5.85. The molecule has 0 aromatic carbocycles. The average Bonchev–Trinajstić information content (AvgIpc) is 2.55. The van der Waals surface area contributed by atoms with E-state index in [1.54, 1.807) is 0 Å². The summed E-state index contributed by atoms with van der Waals surface area (Å²) in [5.41, 5.74) is 0. The van der Waals surface area contributed by atoms with E-state index in [-0.39, 0.29) is 10.8 Å². The number of esters is 1. The van der Waals surface area contributed by atoms with Crippen LogP contribution in [0.2, 0.25) is 0 Å². The zero-order valence-corrected chi connectivity index (χ0v) is 11.2. The minimum atomic E-state index is -0.231. The van der Waals surface area contributed by atoms with Crippen LogP contribution in [-0.4, -0.2) is 30.5 Å². The molecule has 1 saturated carbocycles. The molecule has 3 nitrogen and oxygen atoms in total. The molecule has 15 heavy (non-hydrogen) atoms. The first-order valence-electron chi connectivity index (χ1n) is 5.51. The van der Waals surface area contributed by atoms with Gasteiger partial charge in [0.05, 0.1) is 7.11 Å². The molecule has 0 aromatic rings. The molecular weight excluding hydrogens is 258 g/mol. The summed E-state index contributed by atoms with van der Waals surface area (Å²) in [6.07, 6.45) is 2.49. The van der Waals surface area contributed by atoms with Crippen LogP contribution in [0, 0.1) is 11.8 Å². The second-order valence-electron chi connectivity index (χ2n) is 4.42. The van der Waals surface area contributed by atoms with Crippen LogP contribution in [0.15, 0.2) is 0 Å². The molecule has 0 amide bonds. The number of nitrogens with one attached hydrogen (secondary N) is 1. The minimum Gasteiger partial charge on any atom is -0.468 e. The highest BCUT2D eigenvalue weighted by molar-refractivity contribution is 9.10. The zero-order chi connectivity index (χ0) is 11.4. The monoisotopic (exact) mass is 277 g/mol. The van der Waals surface area contributed by atoms with Crippen molar-refractivity contribution >= 4 is 21.9 Å². The molecule has 0 aromatic heterocycles. The van der Waals surface area contributed by atoms with Crippen molar-refractivity contribution in [1.29, 1.82) is 0 Å². The van der Waals surface area contributed by atoms with E-state index in [0.717, 1.165) is 5.92 Å². The van der Waals surface area contributed by atoms with Crippen LogP contribution in [0.1, 0.15) is 26.7 Å². The molecule has 1 aliphatic carbocycles. The van der Waals surface area contributed by atoms with Crippen LogP contribution >= 0.6 is 15.9 Å². The van der Waals surface area contributed by atoms with Crippen molar-refractivity contribution in [2.45, 2.75) is 37.6 Å². The van der Waals surface area contributed by atoms with Crippen molar-refractivity contribution in [3.63, 3.8) is 0 Å². The summed E-state index contributed by atoms with van der Waals surface area (Å²) in [4.78, 5) is 10.9. The molecule has 1 rings (SSSR count). The second-order valence-corrected chi connectivity index (χ2v) is 5.52. The first-order chi connectivity index (χ1) is 7.06. The maximum Gasteiger partial charge on any atom is 0.320 e. The average molecular weight is 278 g/mol. The van der Waals surface area contributed by atoms with Gasteiger partial charge in [0, 0.05) is 12.6 Å². The van der Waals surface area contributed by atoms with Crippen LogP contribution in [0.5, 0.6) is 0 Å². The number of hydrogen-bond donors (Lipinski definition) is 1. The van der Waals surface area contributed by atoms with E-state index < -0.39 is 0 Å². The molecule has 0 heterocycles. The fourth-order valence-corrected chi connectivity index (χ4v) is 2.49. The third-order valence-electron chi connectivity index (χ3n) is 3.48. The molecule has 0 saturated heterocycles. The Labute approximate surface area is 100 Å². The Bertz CT molecular complexity index is 223. The lowest BCUT2D eigenvalue weighted by Gasteiger charge is -2.20. The molecule has 0 spiro atoms. The van der Waals surface area contributed by atoms with Gasteiger partial charge in [0.1, 0.15) is 4.83 Å². The van der Waals surface area contributed by atoms with Crippen molar-refractivity contribution in [2.75, 3.05) is 13.7 Å². The maximum absolute atomic E-state index is 11.2. The molecule has 0 radical (unpaired) electrons. The van der Waals surface area contributed by atoms with Crippen molar-refractivity contribution in [3.05, 3.63) is 0 Å². The van der Waals surface area contributed by atoms with Crippen LogP contribution in [0.3, 0.4) is 0 Å². The summed E-state index contributed by atoms with van der Waals surface area (Å²) >= 11 is 3.31. The third kappa shape index (κ3) is 3.45. The summed E-state index contributed by atoms with van der Waals surface area (Å²) in [5.74, 6) is 1.28. The first kappa shape index (κ1) is 13.0. The Hall–Kier alpha value is -0.0900. The Morgan fingerprint density at radius 1 is 1.53 bits per heavy atom. The van der Waals surface area contributed by atoms with E-state index in [9.17, 15) is 4.79 Å². The van der Waals surface area contributed by atoms with Crippen LogP contribution in [0.4, 0.5) is 0 Å². The Kier molecular flexibility index (Phi) is 5.06. The van der Waals surface area contributed by atoms with Crippen molar-refractivity contribution < 1.29 is 9.53 Å². The van der Waals surface area contributed by atoms with Crippen LogP contribution in [0.25, 0.3) is 0 Å². The van der Waals surface area contributed by atoms with Gasteiger partial charge in [-0.05, 0) is 24.7 Å².